The molecule has 6 nitrogen and oxygen atoms in total. The van der Waals surface area contributed by atoms with Crippen molar-refractivity contribution in [2.24, 2.45) is 0 Å². The van der Waals surface area contributed by atoms with Crippen molar-refractivity contribution in [3.63, 3.8) is 0 Å². The smallest absolute Gasteiger partial charge is 0.319 e. The summed E-state index contributed by atoms with van der Waals surface area (Å²) < 4.78 is 0. The molecule has 5 rings (SSSR count). The van der Waals surface area contributed by atoms with Crippen molar-refractivity contribution < 1.29 is 14.4 Å². The summed E-state index contributed by atoms with van der Waals surface area (Å²) in [6.07, 6.45) is 1.06. The Morgan fingerprint density at radius 2 is 1.58 bits per heavy atom. The van der Waals surface area contributed by atoms with Crippen LogP contribution in [0.5, 0.6) is 0 Å². The van der Waals surface area contributed by atoms with E-state index in [2.05, 4.69) is 5.32 Å². The number of amides is 4. The monoisotopic (exact) mass is 439 g/mol. The van der Waals surface area contributed by atoms with E-state index >= 15 is 0 Å². The Labute approximate surface area is 192 Å². The second-order valence-corrected chi connectivity index (χ2v) is 8.70. The van der Waals surface area contributed by atoms with Gasteiger partial charge in [-0.2, -0.15) is 0 Å². The second kappa shape index (κ2) is 8.20. The van der Waals surface area contributed by atoms with E-state index in [1.165, 1.54) is 0 Å². The third kappa shape index (κ3) is 3.57. The zero-order valence-electron chi connectivity index (χ0n) is 18.4. The summed E-state index contributed by atoms with van der Waals surface area (Å²) >= 11 is 0. The minimum atomic E-state index is -1.26. The van der Waals surface area contributed by atoms with Crippen molar-refractivity contribution in [1.82, 2.24) is 10.2 Å². The van der Waals surface area contributed by atoms with Gasteiger partial charge >= 0.3 is 6.03 Å². The predicted octanol–water partition coefficient (Wildman–Crippen LogP) is 3.65. The van der Waals surface area contributed by atoms with Gasteiger partial charge in [-0.3, -0.25) is 14.5 Å². The molecule has 1 saturated heterocycles. The van der Waals surface area contributed by atoms with Crippen LogP contribution >= 0.6 is 0 Å². The van der Waals surface area contributed by atoms with Crippen LogP contribution in [0.4, 0.5) is 10.5 Å². The summed E-state index contributed by atoms with van der Waals surface area (Å²) in [6.45, 7) is 1.68. The summed E-state index contributed by atoms with van der Waals surface area (Å²) in [4.78, 5) is 42.9. The van der Waals surface area contributed by atoms with E-state index in [1.807, 2.05) is 91.9 Å². The van der Waals surface area contributed by atoms with Crippen molar-refractivity contribution in [2.75, 3.05) is 11.4 Å². The number of carbonyl (C=O) groups excluding carboxylic acids is 3. The summed E-state index contributed by atoms with van der Waals surface area (Å²) in [5.74, 6) is -0.671. The normalized spacial score (nSPS) is 21.8. The zero-order chi connectivity index (χ0) is 23.0. The topological polar surface area (TPSA) is 69.7 Å². The molecule has 1 N–H and O–H groups in total. The molecule has 1 fully saturated rings. The molecule has 0 bridgehead atoms. The molecule has 0 spiro atoms. The average molecular weight is 440 g/mol. The van der Waals surface area contributed by atoms with Gasteiger partial charge in [-0.05, 0) is 36.1 Å². The molecule has 2 aliphatic rings. The first-order chi connectivity index (χ1) is 16.0. The summed E-state index contributed by atoms with van der Waals surface area (Å²) in [7, 11) is 0. The average Bonchev–Trinajstić information content (AvgIpc) is 3.29. The number of anilines is 1. The molecule has 3 aromatic carbocycles. The Bertz CT molecular complexity index is 1210. The highest BCUT2D eigenvalue weighted by atomic mass is 16.2. The maximum atomic E-state index is 13.8. The number of hydrogen-bond donors (Lipinski definition) is 1. The van der Waals surface area contributed by atoms with Crippen LogP contribution in [0.3, 0.4) is 0 Å². The number of rotatable bonds is 5. The van der Waals surface area contributed by atoms with E-state index < -0.39 is 17.5 Å². The van der Waals surface area contributed by atoms with E-state index in [0.29, 0.717) is 12.0 Å². The lowest BCUT2D eigenvalue weighted by Crippen LogP contribution is -2.48. The van der Waals surface area contributed by atoms with Crippen LogP contribution in [0, 0.1) is 0 Å². The number of urea groups is 1. The van der Waals surface area contributed by atoms with Gasteiger partial charge in [-0.1, -0.05) is 78.9 Å². The molecule has 3 aromatic rings. The second-order valence-electron chi connectivity index (χ2n) is 8.70. The highest BCUT2D eigenvalue weighted by Gasteiger charge is 2.53. The number of carbonyl (C=O) groups is 3. The first-order valence-electron chi connectivity index (χ1n) is 11.1. The fraction of sp³-hybridized carbons (Fsp3) is 0.222. The molecule has 2 aliphatic heterocycles. The fourth-order valence-electron chi connectivity index (χ4n) is 4.97. The quantitative estimate of drug-likeness (QED) is 0.617. The molecular formula is C27H25N3O3. The number of nitrogens with zero attached hydrogens (tertiary/aromatic N) is 2. The van der Waals surface area contributed by atoms with Crippen molar-refractivity contribution in [2.45, 2.75) is 31.3 Å². The first-order valence-corrected chi connectivity index (χ1v) is 11.1. The van der Waals surface area contributed by atoms with Crippen molar-refractivity contribution in [3.8, 4) is 0 Å². The Kier molecular flexibility index (Phi) is 5.21. The third-order valence-electron chi connectivity index (χ3n) is 6.52. The van der Waals surface area contributed by atoms with Crippen LogP contribution in [-0.2, 0) is 28.0 Å². The van der Waals surface area contributed by atoms with E-state index in [0.717, 1.165) is 28.1 Å². The van der Waals surface area contributed by atoms with E-state index in [9.17, 15) is 14.4 Å². The molecule has 2 heterocycles. The molecule has 33 heavy (non-hydrogen) atoms. The van der Waals surface area contributed by atoms with Crippen LogP contribution in [0.1, 0.15) is 23.6 Å². The number of fused-ring (bicyclic) bond motifs is 1. The third-order valence-corrected chi connectivity index (χ3v) is 6.52. The van der Waals surface area contributed by atoms with Gasteiger partial charge in [0.05, 0.1) is 0 Å². The van der Waals surface area contributed by atoms with E-state index in [4.69, 9.17) is 0 Å². The first kappa shape index (κ1) is 20.9. The fourth-order valence-corrected chi connectivity index (χ4v) is 4.97. The number of benzene rings is 3. The maximum Gasteiger partial charge on any atom is 0.325 e. The Balaban J connectivity index is 1.46. The SMILES string of the molecule is C[C@H]1Cc2ccccc2N1C(=O)CN1C(=O)N[C@](Cc2ccccc2)(c2ccccc2)C1=O. The molecule has 4 amide bonds. The molecule has 0 radical (unpaired) electrons. The lowest BCUT2D eigenvalue weighted by molar-refractivity contribution is -0.134. The Morgan fingerprint density at radius 1 is 0.939 bits per heavy atom. The predicted molar refractivity (Wildman–Crippen MR) is 126 cm³/mol. The largest absolute Gasteiger partial charge is 0.325 e. The lowest BCUT2D eigenvalue weighted by Gasteiger charge is -2.28. The molecule has 166 valence electrons. The highest BCUT2D eigenvalue weighted by Crippen LogP contribution is 2.35. The Hall–Kier alpha value is -3.93. The van der Waals surface area contributed by atoms with E-state index in [1.54, 1.807) is 4.90 Å². The van der Waals surface area contributed by atoms with E-state index in [-0.39, 0.29) is 18.5 Å². The van der Waals surface area contributed by atoms with Crippen LogP contribution < -0.4 is 10.2 Å². The van der Waals surface area contributed by atoms with Gasteiger partial charge in [0.25, 0.3) is 5.91 Å². The van der Waals surface area contributed by atoms with Crippen molar-refractivity contribution in [3.05, 3.63) is 102 Å². The van der Waals surface area contributed by atoms with Gasteiger partial charge in [0.1, 0.15) is 6.54 Å². The maximum absolute atomic E-state index is 13.8. The van der Waals surface area contributed by atoms with Gasteiger partial charge in [0, 0.05) is 18.2 Å². The van der Waals surface area contributed by atoms with Gasteiger partial charge < -0.3 is 10.2 Å². The standard InChI is InChI=1S/C27H25N3O3/c1-19-16-21-12-8-9-15-23(21)30(19)24(31)18-29-25(32)27(28-26(29)33,22-13-6-3-7-14-22)17-20-10-4-2-5-11-20/h2-15,19H,16-18H2,1H3,(H,28,33)/t19-,27+/m0/s1. The molecule has 2 atom stereocenters. The molecule has 0 saturated carbocycles. The van der Waals surface area contributed by atoms with Gasteiger partial charge in [-0.25, -0.2) is 4.79 Å². The number of nitrogens with one attached hydrogen (secondary N) is 1. The minimum Gasteiger partial charge on any atom is -0.319 e. The van der Waals surface area contributed by atoms with Crippen LogP contribution in [0.2, 0.25) is 0 Å². The molecule has 0 aromatic heterocycles. The molecule has 6 heteroatoms. The Morgan fingerprint density at radius 3 is 2.30 bits per heavy atom. The number of hydrogen-bond acceptors (Lipinski definition) is 3. The lowest BCUT2D eigenvalue weighted by atomic mass is 9.83. The highest BCUT2D eigenvalue weighted by molar-refractivity contribution is 6.11. The molecule has 0 unspecified atom stereocenters. The summed E-state index contributed by atoms with van der Waals surface area (Å²) in [6, 6.07) is 26.0. The van der Waals surface area contributed by atoms with Crippen LogP contribution in [0.25, 0.3) is 0 Å². The van der Waals surface area contributed by atoms with Crippen molar-refractivity contribution >= 4 is 23.5 Å². The number of imide groups is 1. The minimum absolute atomic E-state index is 0.0288. The summed E-state index contributed by atoms with van der Waals surface area (Å²) in [5.41, 5.74) is 2.31. The van der Waals surface area contributed by atoms with Gasteiger partial charge in [-0.15, -0.1) is 0 Å². The van der Waals surface area contributed by atoms with Gasteiger partial charge in [0.2, 0.25) is 5.91 Å². The van der Waals surface area contributed by atoms with Crippen LogP contribution in [0.15, 0.2) is 84.9 Å². The summed E-state index contributed by atoms with van der Waals surface area (Å²) in [5, 5.41) is 2.93. The van der Waals surface area contributed by atoms with Crippen molar-refractivity contribution in [1.29, 1.82) is 0 Å². The molecule has 0 aliphatic carbocycles. The van der Waals surface area contributed by atoms with Crippen LogP contribution in [-0.4, -0.2) is 35.3 Å². The molecular weight excluding hydrogens is 414 g/mol. The zero-order valence-corrected chi connectivity index (χ0v) is 18.4. The number of para-hydroxylation sites is 1. The van der Waals surface area contributed by atoms with Gasteiger partial charge in [0.15, 0.2) is 5.54 Å².